The molecule has 150 valence electrons. The second-order valence-electron chi connectivity index (χ2n) is 6.49. The zero-order valence-electron chi connectivity index (χ0n) is 15.7. The number of carbonyl (C=O) groups is 1. The molecule has 0 radical (unpaired) electrons. The van der Waals surface area contributed by atoms with Crippen molar-refractivity contribution in [1.29, 1.82) is 0 Å². The molecule has 1 N–H and O–H groups in total. The molecule has 3 aromatic rings. The van der Waals surface area contributed by atoms with E-state index in [2.05, 4.69) is 0 Å². The molecule has 0 bridgehead atoms. The predicted octanol–water partition coefficient (Wildman–Crippen LogP) is 3.01. The minimum absolute atomic E-state index is 0.0751. The molecule has 0 aliphatic carbocycles. The second kappa shape index (κ2) is 7.84. The van der Waals surface area contributed by atoms with E-state index in [1.54, 1.807) is 29.2 Å². The van der Waals surface area contributed by atoms with Gasteiger partial charge in [-0.15, -0.1) is 0 Å². The third-order valence-electron chi connectivity index (χ3n) is 4.71. The van der Waals surface area contributed by atoms with Crippen molar-refractivity contribution in [1.82, 2.24) is 4.90 Å². The fraction of sp³-hybridized carbons (Fsp3) is 0.238. The number of methoxy groups -OCH3 is 1. The highest BCUT2D eigenvalue weighted by molar-refractivity contribution is 5.88. The summed E-state index contributed by atoms with van der Waals surface area (Å²) >= 11 is 0. The molecule has 1 aromatic heterocycles. The van der Waals surface area contributed by atoms with E-state index in [1.807, 2.05) is 0 Å². The van der Waals surface area contributed by atoms with E-state index in [9.17, 15) is 14.7 Å². The van der Waals surface area contributed by atoms with Crippen molar-refractivity contribution in [2.45, 2.75) is 0 Å². The Balaban J connectivity index is 1.59. The minimum Gasteiger partial charge on any atom is -0.507 e. The Morgan fingerprint density at radius 2 is 1.83 bits per heavy atom. The van der Waals surface area contributed by atoms with Crippen molar-refractivity contribution < 1.29 is 28.5 Å². The van der Waals surface area contributed by atoms with E-state index < -0.39 is 6.09 Å². The average molecular weight is 397 g/mol. The fourth-order valence-corrected chi connectivity index (χ4v) is 3.14. The third kappa shape index (κ3) is 3.74. The van der Waals surface area contributed by atoms with Crippen LogP contribution in [0.3, 0.4) is 0 Å². The number of fused-ring (bicyclic) bond motifs is 1. The molecule has 29 heavy (non-hydrogen) atoms. The Hall–Kier alpha value is -3.52. The lowest BCUT2D eigenvalue weighted by Crippen LogP contribution is -2.42. The maximum atomic E-state index is 12.9. The van der Waals surface area contributed by atoms with Crippen LogP contribution < -0.4 is 14.9 Å². The van der Waals surface area contributed by atoms with Gasteiger partial charge < -0.3 is 28.6 Å². The van der Waals surface area contributed by atoms with E-state index in [1.165, 1.54) is 25.5 Å². The number of benzene rings is 2. The van der Waals surface area contributed by atoms with E-state index in [0.717, 1.165) is 0 Å². The molecule has 0 spiro atoms. The summed E-state index contributed by atoms with van der Waals surface area (Å²) in [6, 6.07) is 9.41. The first-order chi connectivity index (χ1) is 14.1. The summed E-state index contributed by atoms with van der Waals surface area (Å²) in [5.41, 5.74) is 0.710. The maximum Gasteiger partial charge on any atom is 0.415 e. The van der Waals surface area contributed by atoms with Gasteiger partial charge in [-0.1, -0.05) is 12.1 Å². The Bertz CT molecular complexity index is 1100. The zero-order valence-corrected chi connectivity index (χ0v) is 15.7. The number of phenolic OH excluding ortho intramolecular Hbond substituents is 1. The standard InChI is InChI=1S/C21H19NO7/c1-26-15-10-17(23)19-18(11-15)28-12-16(20(19)24)13-2-4-14(5-3-13)29-21(25)22-6-8-27-9-7-22/h2-5,10-12,23H,6-9H2,1H3. The molecule has 2 heterocycles. The molecular weight excluding hydrogens is 378 g/mol. The molecule has 8 heteroatoms. The maximum absolute atomic E-state index is 12.9. The topological polar surface area (TPSA) is 98.4 Å². The van der Waals surface area contributed by atoms with Crippen LogP contribution in [-0.4, -0.2) is 49.5 Å². The Kier molecular flexibility index (Phi) is 5.09. The number of morpholine rings is 1. The first-order valence-electron chi connectivity index (χ1n) is 9.04. The Labute approximate surface area is 165 Å². The van der Waals surface area contributed by atoms with E-state index >= 15 is 0 Å². The third-order valence-corrected chi connectivity index (χ3v) is 4.71. The van der Waals surface area contributed by atoms with Gasteiger partial charge in [0.2, 0.25) is 5.43 Å². The highest BCUT2D eigenvalue weighted by Gasteiger charge is 2.19. The van der Waals surface area contributed by atoms with Crippen LogP contribution in [0.4, 0.5) is 4.79 Å². The van der Waals surface area contributed by atoms with Gasteiger partial charge in [-0.05, 0) is 17.7 Å². The van der Waals surface area contributed by atoms with E-state index in [-0.39, 0.29) is 27.7 Å². The predicted molar refractivity (Wildman–Crippen MR) is 105 cm³/mol. The molecule has 1 fully saturated rings. The number of nitrogens with zero attached hydrogens (tertiary/aromatic N) is 1. The van der Waals surface area contributed by atoms with Crippen molar-refractivity contribution in [2.75, 3.05) is 33.4 Å². The molecule has 1 aliphatic rings. The SMILES string of the molecule is COc1cc(O)c2c(=O)c(-c3ccc(OC(=O)N4CCOCC4)cc3)coc2c1. The molecule has 0 unspecified atom stereocenters. The molecule has 2 aromatic carbocycles. The number of carbonyl (C=O) groups excluding carboxylic acids is 1. The van der Waals surface area contributed by atoms with Crippen molar-refractivity contribution >= 4 is 17.1 Å². The minimum atomic E-state index is -0.440. The van der Waals surface area contributed by atoms with Gasteiger partial charge in [0, 0.05) is 25.2 Å². The quantitative estimate of drug-likeness (QED) is 0.725. The van der Waals surface area contributed by atoms with Crippen LogP contribution in [0.5, 0.6) is 17.2 Å². The van der Waals surface area contributed by atoms with Gasteiger partial charge in [0.1, 0.15) is 34.5 Å². The van der Waals surface area contributed by atoms with Crippen molar-refractivity contribution in [2.24, 2.45) is 0 Å². The largest absolute Gasteiger partial charge is 0.507 e. The van der Waals surface area contributed by atoms with Gasteiger partial charge in [0.15, 0.2) is 0 Å². The van der Waals surface area contributed by atoms with Crippen LogP contribution in [-0.2, 0) is 4.74 Å². The summed E-state index contributed by atoms with van der Waals surface area (Å²) in [5, 5.41) is 10.3. The summed E-state index contributed by atoms with van der Waals surface area (Å²) in [6.07, 6.45) is 0.892. The highest BCUT2D eigenvalue weighted by Crippen LogP contribution is 2.30. The Morgan fingerprint density at radius 3 is 2.52 bits per heavy atom. The number of phenols is 1. The van der Waals surface area contributed by atoms with Crippen molar-refractivity contribution in [3.8, 4) is 28.4 Å². The highest BCUT2D eigenvalue weighted by atomic mass is 16.6. The summed E-state index contributed by atoms with van der Waals surface area (Å²) < 4.78 is 21.2. The lowest BCUT2D eigenvalue weighted by atomic mass is 10.0. The molecule has 1 amide bonds. The molecule has 0 atom stereocenters. The zero-order chi connectivity index (χ0) is 20.4. The van der Waals surface area contributed by atoms with E-state index in [4.69, 9.17) is 18.6 Å². The van der Waals surface area contributed by atoms with Crippen LogP contribution in [0.2, 0.25) is 0 Å². The van der Waals surface area contributed by atoms with Gasteiger partial charge in [0.05, 0.1) is 25.9 Å². The summed E-state index contributed by atoms with van der Waals surface area (Å²) in [7, 11) is 1.46. The van der Waals surface area contributed by atoms with Crippen LogP contribution in [0, 0.1) is 0 Å². The number of hydrogen-bond acceptors (Lipinski definition) is 7. The first kappa shape index (κ1) is 18.8. The van der Waals surface area contributed by atoms with Crippen molar-refractivity contribution in [3.63, 3.8) is 0 Å². The first-order valence-corrected chi connectivity index (χ1v) is 9.04. The van der Waals surface area contributed by atoms with E-state index in [0.29, 0.717) is 43.4 Å². The fourth-order valence-electron chi connectivity index (χ4n) is 3.14. The number of rotatable bonds is 3. The van der Waals surface area contributed by atoms with Gasteiger partial charge >= 0.3 is 6.09 Å². The number of aromatic hydroxyl groups is 1. The summed E-state index contributed by atoms with van der Waals surface area (Å²) in [6.45, 7) is 1.96. The monoisotopic (exact) mass is 397 g/mol. The smallest absolute Gasteiger partial charge is 0.415 e. The molecule has 1 saturated heterocycles. The van der Waals surface area contributed by atoms with Gasteiger partial charge in [-0.2, -0.15) is 0 Å². The lowest BCUT2D eigenvalue weighted by molar-refractivity contribution is 0.0416. The summed E-state index contributed by atoms with van der Waals surface area (Å²) in [5.74, 6) is 0.534. The molecule has 1 aliphatic heterocycles. The van der Waals surface area contributed by atoms with Crippen LogP contribution in [0.25, 0.3) is 22.1 Å². The molecule has 8 nitrogen and oxygen atoms in total. The van der Waals surface area contributed by atoms with Gasteiger partial charge in [-0.25, -0.2) is 4.79 Å². The number of amides is 1. The van der Waals surface area contributed by atoms with Gasteiger partial charge in [-0.3, -0.25) is 4.79 Å². The Morgan fingerprint density at radius 1 is 1.10 bits per heavy atom. The normalized spacial score (nSPS) is 14.0. The second-order valence-corrected chi connectivity index (χ2v) is 6.49. The average Bonchev–Trinajstić information content (AvgIpc) is 2.75. The van der Waals surface area contributed by atoms with Crippen molar-refractivity contribution in [3.05, 3.63) is 52.9 Å². The molecule has 0 saturated carbocycles. The molecular formula is C21H19NO7. The van der Waals surface area contributed by atoms with Crippen LogP contribution >= 0.6 is 0 Å². The van der Waals surface area contributed by atoms with Gasteiger partial charge in [0.25, 0.3) is 0 Å². The van der Waals surface area contributed by atoms with Crippen LogP contribution in [0.1, 0.15) is 0 Å². The number of hydrogen-bond donors (Lipinski definition) is 1. The summed E-state index contributed by atoms with van der Waals surface area (Å²) in [4.78, 5) is 26.6. The molecule has 4 rings (SSSR count). The lowest BCUT2D eigenvalue weighted by Gasteiger charge is -2.25. The van der Waals surface area contributed by atoms with Crippen LogP contribution in [0.15, 0.2) is 51.9 Å². The number of ether oxygens (including phenoxy) is 3.